The summed E-state index contributed by atoms with van der Waals surface area (Å²) in [7, 11) is 0. The summed E-state index contributed by atoms with van der Waals surface area (Å²) < 4.78 is 0. The predicted molar refractivity (Wildman–Crippen MR) is 149 cm³/mol. The van der Waals surface area contributed by atoms with Crippen molar-refractivity contribution in [3.63, 3.8) is 0 Å². The molecule has 0 spiro atoms. The number of hydrogen-bond acceptors (Lipinski definition) is 2. The number of hydrogen-bond donors (Lipinski definition) is 2. The molecule has 186 valence electrons. The molecule has 3 N–H and O–H groups in total. The molecule has 2 nitrogen and oxygen atoms in total. The standard InChI is InChI=1S/C32H42N2S/c33-21-24-11-14-28(15-12-24)34-30(35)32-19-25-17-31(22-32,27-9-5-2-6-10-27)18-26(20-32)29(25)16-13-23-7-3-1-4-8-23/h1-10,24-26,28-29H,11-22,33H2,(H,34,35). The third kappa shape index (κ3) is 4.48. The van der Waals surface area contributed by atoms with Crippen molar-refractivity contribution in [3.8, 4) is 0 Å². The molecule has 2 aromatic rings. The zero-order valence-electron chi connectivity index (χ0n) is 21.1. The highest BCUT2D eigenvalue weighted by Gasteiger charge is 2.62. The number of nitrogens with one attached hydrogen (secondary N) is 1. The van der Waals surface area contributed by atoms with Gasteiger partial charge in [0.15, 0.2) is 0 Å². The van der Waals surface area contributed by atoms with Gasteiger partial charge in [-0.15, -0.1) is 0 Å². The number of thiocarbonyl (C=S) groups is 1. The minimum Gasteiger partial charge on any atom is -0.376 e. The molecule has 3 heteroatoms. The van der Waals surface area contributed by atoms with E-state index in [-0.39, 0.29) is 5.41 Å². The van der Waals surface area contributed by atoms with Crippen molar-refractivity contribution >= 4 is 17.2 Å². The lowest BCUT2D eigenvalue weighted by molar-refractivity contribution is -0.0837. The molecule has 0 aromatic heterocycles. The van der Waals surface area contributed by atoms with Crippen LogP contribution in [0.25, 0.3) is 0 Å². The molecule has 5 fully saturated rings. The van der Waals surface area contributed by atoms with Crippen molar-refractivity contribution in [2.24, 2.45) is 34.8 Å². The maximum atomic E-state index is 6.33. The number of benzene rings is 2. The van der Waals surface area contributed by atoms with Crippen LogP contribution in [0.5, 0.6) is 0 Å². The minimum atomic E-state index is 0.199. The average Bonchev–Trinajstić information content (AvgIpc) is 2.89. The lowest BCUT2D eigenvalue weighted by Crippen LogP contribution is -2.62. The van der Waals surface area contributed by atoms with Crippen molar-refractivity contribution in [1.29, 1.82) is 0 Å². The largest absolute Gasteiger partial charge is 0.376 e. The van der Waals surface area contributed by atoms with Crippen LogP contribution in [-0.2, 0) is 11.8 Å². The molecule has 0 saturated heterocycles. The van der Waals surface area contributed by atoms with E-state index in [2.05, 4.69) is 66.0 Å². The summed E-state index contributed by atoms with van der Waals surface area (Å²) in [4.78, 5) is 1.21. The summed E-state index contributed by atoms with van der Waals surface area (Å²) in [6.07, 6.45) is 14.1. The van der Waals surface area contributed by atoms with Gasteiger partial charge < -0.3 is 11.1 Å². The maximum absolute atomic E-state index is 6.33. The number of aryl methyl sites for hydroxylation is 1. The molecule has 7 rings (SSSR count). The third-order valence-corrected chi connectivity index (χ3v) is 11.0. The van der Waals surface area contributed by atoms with Gasteiger partial charge in [-0.3, -0.25) is 0 Å². The number of nitrogens with two attached hydrogens (primary N) is 1. The Bertz CT molecular complexity index is 994. The molecule has 0 amide bonds. The zero-order chi connectivity index (χ0) is 23.9. The lowest BCUT2D eigenvalue weighted by Gasteiger charge is -2.65. The summed E-state index contributed by atoms with van der Waals surface area (Å²) >= 11 is 6.33. The first-order chi connectivity index (χ1) is 17.1. The van der Waals surface area contributed by atoms with Crippen LogP contribution < -0.4 is 11.1 Å². The first kappa shape index (κ1) is 23.7. The molecule has 5 aliphatic rings. The fourth-order valence-electron chi connectivity index (χ4n) is 8.97. The van der Waals surface area contributed by atoms with E-state index in [1.54, 1.807) is 5.56 Å². The van der Waals surface area contributed by atoms with Gasteiger partial charge in [0.1, 0.15) is 0 Å². The molecule has 5 aliphatic carbocycles. The van der Waals surface area contributed by atoms with Gasteiger partial charge in [-0.05, 0) is 117 Å². The molecule has 0 radical (unpaired) electrons. The van der Waals surface area contributed by atoms with E-state index >= 15 is 0 Å². The van der Waals surface area contributed by atoms with Crippen LogP contribution >= 0.6 is 12.2 Å². The molecule has 5 saturated carbocycles. The van der Waals surface area contributed by atoms with E-state index in [0.717, 1.165) is 24.3 Å². The molecule has 2 unspecified atom stereocenters. The van der Waals surface area contributed by atoms with Gasteiger partial charge in [0.2, 0.25) is 0 Å². The second-order valence-electron chi connectivity index (χ2n) is 12.6. The normalized spacial score (nSPS) is 37.8. The summed E-state index contributed by atoms with van der Waals surface area (Å²) in [5.41, 5.74) is 9.54. The maximum Gasteiger partial charge on any atom is 0.0818 e. The first-order valence-electron chi connectivity index (χ1n) is 14.2. The Balaban J connectivity index is 1.23. The van der Waals surface area contributed by atoms with Crippen LogP contribution in [-0.4, -0.2) is 17.6 Å². The van der Waals surface area contributed by atoms with Gasteiger partial charge in [0.25, 0.3) is 0 Å². The molecular formula is C32H42N2S. The first-order valence-corrected chi connectivity index (χ1v) is 14.6. The SMILES string of the molecule is NCC1CCC(NC(=S)C23CC4CC(c5ccccc5)(CC(C2)C4CCc2ccccc2)C3)CC1. The Morgan fingerprint density at radius 2 is 1.49 bits per heavy atom. The van der Waals surface area contributed by atoms with E-state index in [9.17, 15) is 0 Å². The van der Waals surface area contributed by atoms with E-state index in [1.165, 1.54) is 81.2 Å². The second kappa shape index (κ2) is 9.63. The highest BCUT2D eigenvalue weighted by Crippen LogP contribution is 2.68. The quantitative estimate of drug-likeness (QED) is 0.422. The van der Waals surface area contributed by atoms with Crippen LogP contribution in [0.2, 0.25) is 0 Å². The monoisotopic (exact) mass is 486 g/mol. The highest BCUT2D eigenvalue weighted by atomic mass is 32.1. The van der Waals surface area contributed by atoms with Crippen molar-refractivity contribution in [1.82, 2.24) is 5.32 Å². The Hall–Kier alpha value is -1.71. The highest BCUT2D eigenvalue weighted by molar-refractivity contribution is 7.80. The van der Waals surface area contributed by atoms with Gasteiger partial charge in [-0.25, -0.2) is 0 Å². The molecule has 0 aliphatic heterocycles. The fourth-order valence-corrected chi connectivity index (χ4v) is 9.38. The van der Waals surface area contributed by atoms with Gasteiger partial charge in [-0.1, -0.05) is 72.9 Å². The second-order valence-corrected chi connectivity index (χ2v) is 13.0. The van der Waals surface area contributed by atoms with Crippen LogP contribution in [0.15, 0.2) is 60.7 Å². The summed E-state index contributed by atoms with van der Waals surface area (Å²) in [6.45, 7) is 0.842. The number of rotatable bonds is 7. The average molecular weight is 487 g/mol. The van der Waals surface area contributed by atoms with Gasteiger partial charge >= 0.3 is 0 Å². The molecule has 2 atom stereocenters. The minimum absolute atomic E-state index is 0.199. The van der Waals surface area contributed by atoms with Crippen LogP contribution in [0.4, 0.5) is 0 Å². The lowest BCUT2D eigenvalue weighted by atomic mass is 9.39. The molecular weight excluding hydrogens is 444 g/mol. The van der Waals surface area contributed by atoms with Crippen molar-refractivity contribution in [3.05, 3.63) is 71.8 Å². The van der Waals surface area contributed by atoms with Crippen molar-refractivity contribution < 1.29 is 0 Å². The summed E-state index contributed by atoms with van der Waals surface area (Å²) in [6, 6.07) is 23.2. The topological polar surface area (TPSA) is 38.0 Å². The van der Waals surface area contributed by atoms with E-state index in [4.69, 9.17) is 18.0 Å². The summed E-state index contributed by atoms with van der Waals surface area (Å²) in [5.74, 6) is 3.16. The Morgan fingerprint density at radius 3 is 2.11 bits per heavy atom. The molecule has 2 aromatic carbocycles. The fraction of sp³-hybridized carbons (Fsp3) is 0.594. The molecule has 35 heavy (non-hydrogen) atoms. The van der Waals surface area contributed by atoms with Crippen LogP contribution in [0, 0.1) is 29.1 Å². The Kier molecular flexibility index (Phi) is 6.52. The van der Waals surface area contributed by atoms with Crippen LogP contribution in [0.1, 0.15) is 75.3 Å². The molecule has 4 bridgehead atoms. The summed E-state index contributed by atoms with van der Waals surface area (Å²) in [5, 5.41) is 3.95. The Labute approximate surface area is 217 Å². The van der Waals surface area contributed by atoms with Crippen molar-refractivity contribution in [2.75, 3.05) is 6.54 Å². The van der Waals surface area contributed by atoms with E-state index < -0.39 is 0 Å². The van der Waals surface area contributed by atoms with Gasteiger partial charge in [0.05, 0.1) is 4.99 Å². The smallest absolute Gasteiger partial charge is 0.0818 e. The molecule has 0 heterocycles. The van der Waals surface area contributed by atoms with Crippen LogP contribution in [0.3, 0.4) is 0 Å². The zero-order valence-corrected chi connectivity index (χ0v) is 21.9. The van der Waals surface area contributed by atoms with E-state index in [0.29, 0.717) is 17.4 Å². The van der Waals surface area contributed by atoms with Gasteiger partial charge in [0, 0.05) is 11.5 Å². The van der Waals surface area contributed by atoms with Gasteiger partial charge in [-0.2, -0.15) is 0 Å². The Morgan fingerprint density at radius 1 is 0.857 bits per heavy atom. The van der Waals surface area contributed by atoms with E-state index in [1.807, 2.05) is 0 Å². The van der Waals surface area contributed by atoms with Crippen molar-refractivity contribution in [2.45, 2.75) is 82.1 Å². The third-order valence-electron chi connectivity index (χ3n) is 10.5. The predicted octanol–water partition coefficient (Wildman–Crippen LogP) is 6.82.